The first kappa shape index (κ1) is 19.7. The van der Waals surface area contributed by atoms with Crippen LogP contribution in [0.2, 0.25) is 5.02 Å². The zero-order valence-corrected chi connectivity index (χ0v) is 15.8. The predicted molar refractivity (Wildman–Crippen MR) is 97.2 cm³/mol. The lowest BCUT2D eigenvalue weighted by Crippen LogP contribution is -2.39. The van der Waals surface area contributed by atoms with Gasteiger partial charge >= 0.3 is 0 Å². The standard InChI is InChI=1S/C17H23ClN2O4S/c1-13(21)20(8-5-14-3-2-4-15(18)11-14)9-6-17(22)19-16-7-10-25(23,24)12-16/h2-4,11,16H,5-10,12H2,1H3,(H,19,22). The smallest absolute Gasteiger partial charge is 0.222 e. The fourth-order valence-corrected chi connectivity index (χ4v) is 4.71. The average Bonchev–Trinajstić information content (AvgIpc) is 2.85. The second kappa shape index (κ2) is 8.67. The lowest BCUT2D eigenvalue weighted by Gasteiger charge is -2.21. The summed E-state index contributed by atoms with van der Waals surface area (Å²) < 4.78 is 22.8. The molecule has 1 aromatic rings. The van der Waals surface area contributed by atoms with Crippen molar-refractivity contribution < 1.29 is 18.0 Å². The fourth-order valence-electron chi connectivity index (χ4n) is 2.83. The van der Waals surface area contributed by atoms with Gasteiger partial charge in [-0.1, -0.05) is 23.7 Å². The molecule has 1 aliphatic heterocycles. The molecular formula is C17H23ClN2O4S. The van der Waals surface area contributed by atoms with E-state index in [-0.39, 0.29) is 35.8 Å². The molecule has 8 heteroatoms. The normalized spacial score (nSPS) is 18.7. The number of nitrogens with one attached hydrogen (secondary N) is 1. The van der Waals surface area contributed by atoms with Crippen molar-refractivity contribution in [3.63, 3.8) is 0 Å². The minimum absolute atomic E-state index is 0.00390. The maximum absolute atomic E-state index is 12.0. The second-order valence-corrected chi connectivity index (χ2v) is 8.97. The number of benzene rings is 1. The van der Waals surface area contributed by atoms with Gasteiger partial charge in [0.05, 0.1) is 11.5 Å². The molecular weight excluding hydrogens is 364 g/mol. The highest BCUT2D eigenvalue weighted by Crippen LogP contribution is 2.13. The molecule has 1 atom stereocenters. The van der Waals surface area contributed by atoms with Crippen LogP contribution < -0.4 is 5.32 Å². The molecule has 6 nitrogen and oxygen atoms in total. The summed E-state index contributed by atoms with van der Waals surface area (Å²) in [6, 6.07) is 7.14. The third kappa shape index (κ3) is 6.66. The van der Waals surface area contributed by atoms with Crippen LogP contribution in [-0.2, 0) is 25.8 Å². The van der Waals surface area contributed by atoms with E-state index >= 15 is 0 Å². The maximum atomic E-state index is 12.0. The Hall–Kier alpha value is -1.60. The highest BCUT2D eigenvalue weighted by atomic mass is 35.5. The lowest BCUT2D eigenvalue weighted by molar-refractivity contribution is -0.129. The van der Waals surface area contributed by atoms with Crippen LogP contribution in [0.1, 0.15) is 25.3 Å². The molecule has 2 rings (SSSR count). The number of nitrogens with zero attached hydrogens (tertiary/aromatic N) is 1. The quantitative estimate of drug-likeness (QED) is 0.768. The lowest BCUT2D eigenvalue weighted by atomic mass is 10.1. The number of halogens is 1. The first-order valence-corrected chi connectivity index (χ1v) is 10.4. The Balaban J connectivity index is 1.79. The van der Waals surface area contributed by atoms with Gasteiger partial charge in [-0.15, -0.1) is 0 Å². The van der Waals surface area contributed by atoms with E-state index < -0.39 is 9.84 Å². The Kier molecular flexibility index (Phi) is 6.84. The largest absolute Gasteiger partial charge is 0.352 e. The van der Waals surface area contributed by atoms with Crippen molar-refractivity contribution >= 4 is 33.3 Å². The molecule has 138 valence electrons. The van der Waals surface area contributed by atoms with Gasteiger partial charge in [-0.05, 0) is 30.5 Å². The van der Waals surface area contributed by atoms with Gasteiger partial charge in [0, 0.05) is 37.5 Å². The number of sulfone groups is 1. The van der Waals surface area contributed by atoms with Crippen molar-refractivity contribution in [1.82, 2.24) is 10.2 Å². The summed E-state index contributed by atoms with van der Waals surface area (Å²) in [5, 5.41) is 3.39. The Labute approximate surface area is 153 Å². The zero-order chi connectivity index (χ0) is 18.4. The van der Waals surface area contributed by atoms with Gasteiger partial charge in [-0.25, -0.2) is 8.42 Å². The number of amides is 2. The van der Waals surface area contributed by atoms with Crippen molar-refractivity contribution in [2.75, 3.05) is 24.6 Å². The van der Waals surface area contributed by atoms with Gasteiger partial charge in [0.25, 0.3) is 0 Å². The fraction of sp³-hybridized carbons (Fsp3) is 0.529. The van der Waals surface area contributed by atoms with Crippen LogP contribution in [0.15, 0.2) is 24.3 Å². The van der Waals surface area contributed by atoms with Crippen LogP contribution in [0.25, 0.3) is 0 Å². The molecule has 1 fully saturated rings. The predicted octanol–water partition coefficient (Wildman–Crippen LogP) is 1.42. The van der Waals surface area contributed by atoms with E-state index in [9.17, 15) is 18.0 Å². The van der Waals surface area contributed by atoms with Gasteiger partial charge in [0.2, 0.25) is 11.8 Å². The van der Waals surface area contributed by atoms with Crippen molar-refractivity contribution in [3.05, 3.63) is 34.9 Å². The molecule has 1 aromatic carbocycles. The summed E-state index contributed by atoms with van der Waals surface area (Å²) in [5.74, 6) is -0.199. The van der Waals surface area contributed by atoms with Crippen molar-refractivity contribution in [2.45, 2.75) is 32.2 Å². The molecule has 0 spiro atoms. The van der Waals surface area contributed by atoms with Gasteiger partial charge in [0.15, 0.2) is 9.84 Å². The van der Waals surface area contributed by atoms with E-state index in [1.54, 1.807) is 11.0 Å². The molecule has 2 amide bonds. The molecule has 0 saturated carbocycles. The molecule has 0 radical (unpaired) electrons. The summed E-state index contributed by atoms with van der Waals surface area (Å²) in [6.07, 6.45) is 1.27. The number of carbonyl (C=O) groups is 2. The van der Waals surface area contributed by atoms with E-state index in [1.807, 2.05) is 18.2 Å². The van der Waals surface area contributed by atoms with Crippen LogP contribution in [-0.4, -0.2) is 55.8 Å². The van der Waals surface area contributed by atoms with E-state index in [2.05, 4.69) is 5.32 Å². The van der Waals surface area contributed by atoms with Crippen molar-refractivity contribution in [2.24, 2.45) is 0 Å². The Morgan fingerprint density at radius 1 is 1.32 bits per heavy atom. The van der Waals surface area contributed by atoms with Crippen LogP contribution >= 0.6 is 11.6 Å². The molecule has 1 saturated heterocycles. The number of hydrogen-bond donors (Lipinski definition) is 1. The van der Waals surface area contributed by atoms with Gasteiger partial charge in [0.1, 0.15) is 0 Å². The third-order valence-electron chi connectivity index (χ3n) is 4.21. The summed E-state index contributed by atoms with van der Waals surface area (Å²) in [4.78, 5) is 25.4. The summed E-state index contributed by atoms with van der Waals surface area (Å²) in [7, 11) is -3.02. The summed E-state index contributed by atoms with van der Waals surface area (Å²) in [6.45, 7) is 2.28. The molecule has 1 N–H and O–H groups in total. The number of rotatable bonds is 7. The molecule has 1 heterocycles. The SMILES string of the molecule is CC(=O)N(CCC(=O)NC1CCS(=O)(=O)C1)CCc1cccc(Cl)c1. The van der Waals surface area contributed by atoms with Crippen LogP contribution in [0.3, 0.4) is 0 Å². The van der Waals surface area contributed by atoms with Crippen molar-refractivity contribution in [1.29, 1.82) is 0 Å². The zero-order valence-electron chi connectivity index (χ0n) is 14.2. The number of hydrogen-bond acceptors (Lipinski definition) is 4. The molecule has 0 aliphatic carbocycles. The van der Waals surface area contributed by atoms with Gasteiger partial charge in [-0.2, -0.15) is 0 Å². The Bertz CT molecular complexity index is 736. The van der Waals surface area contributed by atoms with Gasteiger partial charge in [-0.3, -0.25) is 9.59 Å². The molecule has 0 aromatic heterocycles. The topological polar surface area (TPSA) is 83.6 Å². The molecule has 0 bridgehead atoms. The van der Waals surface area contributed by atoms with E-state index in [0.29, 0.717) is 31.0 Å². The Morgan fingerprint density at radius 3 is 2.68 bits per heavy atom. The average molecular weight is 387 g/mol. The minimum Gasteiger partial charge on any atom is -0.352 e. The highest BCUT2D eigenvalue weighted by Gasteiger charge is 2.28. The Morgan fingerprint density at radius 2 is 2.08 bits per heavy atom. The third-order valence-corrected chi connectivity index (χ3v) is 6.21. The first-order chi connectivity index (χ1) is 11.7. The summed E-state index contributed by atoms with van der Waals surface area (Å²) in [5.41, 5.74) is 1.03. The van der Waals surface area contributed by atoms with E-state index in [0.717, 1.165) is 5.56 Å². The number of carbonyl (C=O) groups excluding carboxylic acids is 2. The van der Waals surface area contributed by atoms with Crippen LogP contribution in [0.5, 0.6) is 0 Å². The van der Waals surface area contributed by atoms with Gasteiger partial charge < -0.3 is 10.2 Å². The van der Waals surface area contributed by atoms with E-state index in [4.69, 9.17) is 11.6 Å². The molecule has 1 aliphatic rings. The monoisotopic (exact) mass is 386 g/mol. The van der Waals surface area contributed by atoms with E-state index in [1.165, 1.54) is 6.92 Å². The minimum atomic E-state index is -3.02. The summed E-state index contributed by atoms with van der Waals surface area (Å²) >= 11 is 5.95. The maximum Gasteiger partial charge on any atom is 0.222 e. The molecule has 1 unspecified atom stereocenters. The first-order valence-electron chi connectivity index (χ1n) is 8.25. The highest BCUT2D eigenvalue weighted by molar-refractivity contribution is 7.91. The van der Waals surface area contributed by atoms with Crippen LogP contribution in [0.4, 0.5) is 0 Å². The molecule has 25 heavy (non-hydrogen) atoms. The second-order valence-electron chi connectivity index (χ2n) is 6.30. The van der Waals surface area contributed by atoms with Crippen molar-refractivity contribution in [3.8, 4) is 0 Å². The van der Waals surface area contributed by atoms with Crippen LogP contribution in [0, 0.1) is 0 Å².